The summed E-state index contributed by atoms with van der Waals surface area (Å²) in [5.41, 5.74) is 3.71. The van der Waals surface area contributed by atoms with E-state index in [1.807, 2.05) is 0 Å². The monoisotopic (exact) mass is 270 g/mol. The summed E-state index contributed by atoms with van der Waals surface area (Å²) in [5, 5.41) is 4.38. The van der Waals surface area contributed by atoms with Gasteiger partial charge in [0.15, 0.2) is 0 Å². The Morgan fingerprint density at radius 3 is 2.75 bits per heavy atom. The number of para-hydroxylation sites is 1. The average Bonchev–Trinajstić information content (AvgIpc) is 3.07. The zero-order valence-corrected chi connectivity index (χ0v) is 12.3. The summed E-state index contributed by atoms with van der Waals surface area (Å²) in [6.45, 7) is 2.76. The second kappa shape index (κ2) is 5.31. The SMILES string of the molecule is Cc1c(CNC(=O)C2CCCC2)c2ccccc2n1C. The molecule has 0 aliphatic heterocycles. The molecule has 2 aromatic rings. The number of fused-ring (bicyclic) bond motifs is 1. The van der Waals surface area contributed by atoms with Crippen LogP contribution in [-0.4, -0.2) is 10.5 Å². The number of aromatic nitrogens is 1. The minimum atomic E-state index is 0.231. The first kappa shape index (κ1) is 13.2. The van der Waals surface area contributed by atoms with Crippen molar-refractivity contribution in [2.45, 2.75) is 39.2 Å². The molecule has 3 nitrogen and oxygen atoms in total. The fourth-order valence-electron chi connectivity index (χ4n) is 3.33. The van der Waals surface area contributed by atoms with Crippen molar-refractivity contribution in [3.8, 4) is 0 Å². The second-order valence-electron chi connectivity index (χ2n) is 5.84. The zero-order valence-electron chi connectivity index (χ0n) is 12.3. The summed E-state index contributed by atoms with van der Waals surface area (Å²) in [6.07, 6.45) is 4.51. The number of carbonyl (C=O) groups excluding carboxylic acids is 1. The van der Waals surface area contributed by atoms with Gasteiger partial charge in [0.25, 0.3) is 0 Å². The predicted molar refractivity (Wildman–Crippen MR) is 81.5 cm³/mol. The van der Waals surface area contributed by atoms with Crippen LogP contribution in [0.3, 0.4) is 0 Å². The molecule has 1 amide bonds. The van der Waals surface area contributed by atoms with Gasteiger partial charge in [-0.15, -0.1) is 0 Å². The number of hydrogen-bond acceptors (Lipinski definition) is 1. The van der Waals surface area contributed by atoms with Crippen molar-refractivity contribution in [2.75, 3.05) is 0 Å². The van der Waals surface area contributed by atoms with Gasteiger partial charge in [0.2, 0.25) is 5.91 Å². The molecular weight excluding hydrogens is 248 g/mol. The Balaban J connectivity index is 1.80. The van der Waals surface area contributed by atoms with Gasteiger partial charge < -0.3 is 9.88 Å². The molecular formula is C17H22N2O. The quantitative estimate of drug-likeness (QED) is 0.912. The Labute approximate surface area is 120 Å². The molecule has 1 aliphatic carbocycles. The van der Waals surface area contributed by atoms with Gasteiger partial charge in [-0.1, -0.05) is 31.0 Å². The third kappa shape index (κ3) is 2.21. The number of rotatable bonds is 3. The average molecular weight is 270 g/mol. The molecule has 0 spiro atoms. The summed E-state index contributed by atoms with van der Waals surface area (Å²) in [4.78, 5) is 12.2. The van der Waals surface area contributed by atoms with E-state index in [-0.39, 0.29) is 11.8 Å². The van der Waals surface area contributed by atoms with Crippen LogP contribution in [0.5, 0.6) is 0 Å². The Hall–Kier alpha value is -1.77. The summed E-state index contributed by atoms with van der Waals surface area (Å²) < 4.78 is 2.20. The van der Waals surface area contributed by atoms with Gasteiger partial charge in [-0.2, -0.15) is 0 Å². The molecule has 1 fully saturated rings. The van der Waals surface area contributed by atoms with Gasteiger partial charge in [-0.3, -0.25) is 4.79 Å². The number of amides is 1. The van der Waals surface area contributed by atoms with Crippen molar-refractivity contribution >= 4 is 16.8 Å². The van der Waals surface area contributed by atoms with E-state index in [4.69, 9.17) is 0 Å². The number of benzene rings is 1. The lowest BCUT2D eigenvalue weighted by Crippen LogP contribution is -2.28. The van der Waals surface area contributed by atoms with Gasteiger partial charge >= 0.3 is 0 Å². The first-order valence-electron chi connectivity index (χ1n) is 7.49. The summed E-state index contributed by atoms with van der Waals surface area (Å²) in [6, 6.07) is 8.39. The van der Waals surface area contributed by atoms with Crippen LogP contribution in [-0.2, 0) is 18.4 Å². The molecule has 1 saturated carbocycles. The predicted octanol–water partition coefficient (Wildman–Crippen LogP) is 3.29. The molecule has 1 aromatic heterocycles. The van der Waals surface area contributed by atoms with E-state index >= 15 is 0 Å². The second-order valence-corrected chi connectivity index (χ2v) is 5.84. The molecule has 3 rings (SSSR count). The topological polar surface area (TPSA) is 34.0 Å². The Morgan fingerprint density at radius 2 is 2.00 bits per heavy atom. The lowest BCUT2D eigenvalue weighted by atomic mass is 10.1. The molecule has 0 unspecified atom stereocenters. The Kier molecular flexibility index (Phi) is 3.51. The number of aryl methyl sites for hydroxylation is 1. The fourth-order valence-corrected chi connectivity index (χ4v) is 3.33. The third-order valence-corrected chi connectivity index (χ3v) is 4.70. The minimum Gasteiger partial charge on any atom is -0.352 e. The van der Waals surface area contributed by atoms with E-state index < -0.39 is 0 Å². The van der Waals surface area contributed by atoms with E-state index in [1.54, 1.807) is 0 Å². The first-order chi connectivity index (χ1) is 9.68. The number of carbonyl (C=O) groups is 1. The molecule has 0 atom stereocenters. The molecule has 1 N–H and O–H groups in total. The van der Waals surface area contributed by atoms with E-state index in [0.717, 1.165) is 12.8 Å². The summed E-state index contributed by atoms with van der Waals surface area (Å²) in [5.74, 6) is 0.472. The molecule has 1 heterocycles. The maximum atomic E-state index is 12.2. The van der Waals surface area contributed by atoms with Gasteiger partial charge in [0, 0.05) is 36.1 Å². The van der Waals surface area contributed by atoms with Crippen LogP contribution in [0.15, 0.2) is 24.3 Å². The fraction of sp³-hybridized carbons (Fsp3) is 0.471. The van der Waals surface area contributed by atoms with Crippen molar-refractivity contribution in [1.82, 2.24) is 9.88 Å². The van der Waals surface area contributed by atoms with Crippen molar-refractivity contribution in [3.05, 3.63) is 35.5 Å². The Morgan fingerprint density at radius 1 is 1.30 bits per heavy atom. The largest absolute Gasteiger partial charge is 0.352 e. The number of hydrogen-bond donors (Lipinski definition) is 1. The van der Waals surface area contributed by atoms with E-state index in [2.05, 4.69) is 48.1 Å². The van der Waals surface area contributed by atoms with Crippen LogP contribution >= 0.6 is 0 Å². The number of nitrogens with zero attached hydrogens (tertiary/aromatic N) is 1. The van der Waals surface area contributed by atoms with E-state index in [0.29, 0.717) is 6.54 Å². The highest BCUT2D eigenvalue weighted by molar-refractivity contribution is 5.86. The van der Waals surface area contributed by atoms with Crippen molar-refractivity contribution in [1.29, 1.82) is 0 Å². The van der Waals surface area contributed by atoms with Crippen LogP contribution < -0.4 is 5.32 Å². The molecule has 0 bridgehead atoms. The first-order valence-corrected chi connectivity index (χ1v) is 7.49. The normalized spacial score (nSPS) is 15.9. The third-order valence-electron chi connectivity index (χ3n) is 4.70. The summed E-state index contributed by atoms with van der Waals surface area (Å²) in [7, 11) is 2.08. The van der Waals surface area contributed by atoms with Crippen LogP contribution in [0.2, 0.25) is 0 Å². The molecule has 1 aromatic carbocycles. The van der Waals surface area contributed by atoms with Gasteiger partial charge in [0.05, 0.1) is 0 Å². The zero-order chi connectivity index (χ0) is 14.1. The molecule has 20 heavy (non-hydrogen) atoms. The van der Waals surface area contributed by atoms with E-state index in [9.17, 15) is 4.79 Å². The lowest BCUT2D eigenvalue weighted by Gasteiger charge is -2.10. The van der Waals surface area contributed by atoms with Gasteiger partial charge in [-0.05, 0) is 31.4 Å². The van der Waals surface area contributed by atoms with Crippen molar-refractivity contribution < 1.29 is 4.79 Å². The van der Waals surface area contributed by atoms with Crippen LogP contribution in [0.25, 0.3) is 10.9 Å². The number of nitrogens with one attached hydrogen (secondary N) is 1. The van der Waals surface area contributed by atoms with Crippen molar-refractivity contribution in [3.63, 3.8) is 0 Å². The molecule has 3 heteroatoms. The highest BCUT2D eigenvalue weighted by Gasteiger charge is 2.22. The maximum absolute atomic E-state index is 12.2. The molecule has 1 aliphatic rings. The summed E-state index contributed by atoms with van der Waals surface area (Å²) >= 11 is 0. The van der Waals surface area contributed by atoms with Crippen molar-refractivity contribution in [2.24, 2.45) is 13.0 Å². The smallest absolute Gasteiger partial charge is 0.223 e. The van der Waals surface area contributed by atoms with Gasteiger partial charge in [0.1, 0.15) is 0 Å². The van der Waals surface area contributed by atoms with Crippen LogP contribution in [0.4, 0.5) is 0 Å². The molecule has 0 saturated heterocycles. The standard InChI is InChI=1S/C17H22N2O/c1-12-15(11-18-17(20)13-7-3-4-8-13)14-9-5-6-10-16(14)19(12)2/h5-6,9-10,13H,3-4,7-8,11H2,1-2H3,(H,18,20). The minimum absolute atomic E-state index is 0.231. The maximum Gasteiger partial charge on any atom is 0.223 e. The Bertz CT molecular complexity index is 636. The lowest BCUT2D eigenvalue weighted by molar-refractivity contribution is -0.124. The molecule has 0 radical (unpaired) electrons. The van der Waals surface area contributed by atoms with E-state index in [1.165, 1.54) is 35.0 Å². The molecule has 106 valence electrons. The van der Waals surface area contributed by atoms with Crippen LogP contribution in [0, 0.1) is 12.8 Å². The van der Waals surface area contributed by atoms with Crippen LogP contribution in [0.1, 0.15) is 36.9 Å². The van der Waals surface area contributed by atoms with Gasteiger partial charge in [-0.25, -0.2) is 0 Å². The highest BCUT2D eigenvalue weighted by atomic mass is 16.1. The highest BCUT2D eigenvalue weighted by Crippen LogP contribution is 2.26.